The molecule has 1 aliphatic heterocycles. The van der Waals surface area contributed by atoms with E-state index in [1.165, 1.54) is 6.42 Å². The third kappa shape index (κ3) is 2.35. The van der Waals surface area contributed by atoms with E-state index in [1.54, 1.807) is 9.58 Å². The Hall–Kier alpha value is -2.04. The Bertz CT molecular complexity index is 635. The number of rotatable bonds is 1. The molecule has 3 rings (SSSR count). The van der Waals surface area contributed by atoms with Gasteiger partial charge in [-0.15, -0.1) is 5.10 Å². The van der Waals surface area contributed by atoms with Crippen molar-refractivity contribution in [2.24, 2.45) is 13.0 Å². The molecule has 0 radical (unpaired) electrons. The second-order valence-corrected chi connectivity index (χ2v) is 5.51. The highest BCUT2D eigenvalue weighted by atomic mass is 16.6. The maximum Gasteiger partial charge on any atom is 0.416 e. The largest absolute Gasteiger partial charge is 0.416 e. The Morgan fingerprint density at radius 3 is 3.00 bits per heavy atom. The van der Waals surface area contributed by atoms with Crippen LogP contribution in [0.4, 0.5) is 4.79 Å². The van der Waals surface area contributed by atoms with Crippen molar-refractivity contribution in [3.63, 3.8) is 0 Å². The zero-order chi connectivity index (χ0) is 14.1. The SMILES string of the molecule is CC1CCCN(C(=O)Oc2nn(C)c3ccccc23)C1. The fourth-order valence-corrected chi connectivity index (χ4v) is 2.76. The monoisotopic (exact) mass is 273 g/mol. The predicted molar refractivity (Wildman–Crippen MR) is 76.7 cm³/mol. The number of benzene rings is 1. The Morgan fingerprint density at radius 1 is 1.40 bits per heavy atom. The molecular formula is C15H19N3O2. The van der Waals surface area contributed by atoms with Gasteiger partial charge in [0.25, 0.3) is 5.88 Å². The van der Waals surface area contributed by atoms with E-state index in [0.29, 0.717) is 11.8 Å². The van der Waals surface area contributed by atoms with Crippen LogP contribution in [0, 0.1) is 5.92 Å². The summed E-state index contributed by atoms with van der Waals surface area (Å²) in [4.78, 5) is 14.0. The molecule has 1 atom stereocenters. The number of aromatic nitrogens is 2. The fraction of sp³-hybridized carbons (Fsp3) is 0.467. The molecular weight excluding hydrogens is 254 g/mol. The van der Waals surface area contributed by atoms with E-state index in [2.05, 4.69) is 12.0 Å². The number of carbonyl (C=O) groups is 1. The van der Waals surface area contributed by atoms with Crippen molar-refractivity contribution in [2.75, 3.05) is 13.1 Å². The molecule has 0 bridgehead atoms. The molecule has 5 heteroatoms. The van der Waals surface area contributed by atoms with Crippen molar-refractivity contribution in [1.82, 2.24) is 14.7 Å². The molecule has 1 fully saturated rings. The molecule has 2 heterocycles. The molecule has 0 saturated carbocycles. The van der Waals surface area contributed by atoms with Crippen LogP contribution in [-0.2, 0) is 7.05 Å². The zero-order valence-electron chi connectivity index (χ0n) is 11.9. The minimum Gasteiger partial charge on any atom is -0.389 e. The van der Waals surface area contributed by atoms with Gasteiger partial charge in [-0.1, -0.05) is 19.1 Å². The summed E-state index contributed by atoms with van der Waals surface area (Å²) >= 11 is 0. The first kappa shape index (κ1) is 13.0. The average molecular weight is 273 g/mol. The standard InChI is InChI=1S/C15H19N3O2/c1-11-6-5-9-18(10-11)15(19)20-14-12-7-3-4-8-13(12)17(2)16-14/h3-4,7-8,11H,5-6,9-10H2,1-2H3. The lowest BCUT2D eigenvalue weighted by molar-refractivity contribution is 0.128. The van der Waals surface area contributed by atoms with Gasteiger partial charge in [-0.25, -0.2) is 4.79 Å². The number of aryl methyl sites for hydroxylation is 1. The first-order valence-electron chi connectivity index (χ1n) is 7.03. The van der Waals surface area contributed by atoms with Crippen molar-refractivity contribution < 1.29 is 9.53 Å². The smallest absolute Gasteiger partial charge is 0.389 e. The molecule has 1 unspecified atom stereocenters. The van der Waals surface area contributed by atoms with Crippen LogP contribution in [0.15, 0.2) is 24.3 Å². The number of fused-ring (bicyclic) bond motifs is 1. The quantitative estimate of drug-likeness (QED) is 0.802. The van der Waals surface area contributed by atoms with Crippen LogP contribution in [0.25, 0.3) is 10.9 Å². The number of hydrogen-bond donors (Lipinski definition) is 0. The molecule has 1 saturated heterocycles. The van der Waals surface area contributed by atoms with Gasteiger partial charge in [0.1, 0.15) is 0 Å². The van der Waals surface area contributed by atoms with E-state index in [-0.39, 0.29) is 6.09 Å². The van der Waals surface area contributed by atoms with Gasteiger partial charge in [0.05, 0.1) is 10.9 Å². The van der Waals surface area contributed by atoms with Crippen LogP contribution >= 0.6 is 0 Å². The highest BCUT2D eigenvalue weighted by molar-refractivity contribution is 5.86. The number of para-hydroxylation sites is 1. The summed E-state index contributed by atoms with van der Waals surface area (Å²) in [6.45, 7) is 3.70. The van der Waals surface area contributed by atoms with Gasteiger partial charge in [-0.05, 0) is 30.9 Å². The molecule has 0 spiro atoms. The maximum absolute atomic E-state index is 12.2. The highest BCUT2D eigenvalue weighted by Crippen LogP contribution is 2.25. The first-order chi connectivity index (χ1) is 9.65. The second kappa shape index (κ2) is 5.15. The van der Waals surface area contributed by atoms with Gasteiger partial charge in [-0.2, -0.15) is 0 Å². The van der Waals surface area contributed by atoms with E-state index < -0.39 is 0 Å². The molecule has 1 amide bonds. The van der Waals surface area contributed by atoms with Crippen molar-refractivity contribution in [3.05, 3.63) is 24.3 Å². The normalized spacial score (nSPS) is 19.3. The molecule has 0 aliphatic carbocycles. The van der Waals surface area contributed by atoms with Gasteiger partial charge >= 0.3 is 6.09 Å². The maximum atomic E-state index is 12.2. The summed E-state index contributed by atoms with van der Waals surface area (Å²) in [7, 11) is 1.85. The van der Waals surface area contributed by atoms with E-state index in [9.17, 15) is 4.79 Å². The Kier molecular flexibility index (Phi) is 3.34. The summed E-state index contributed by atoms with van der Waals surface area (Å²) in [5.74, 6) is 0.933. The Morgan fingerprint density at radius 2 is 2.20 bits per heavy atom. The lowest BCUT2D eigenvalue weighted by Gasteiger charge is -2.29. The van der Waals surface area contributed by atoms with Crippen LogP contribution in [0.2, 0.25) is 0 Å². The van der Waals surface area contributed by atoms with Crippen molar-refractivity contribution >= 4 is 17.0 Å². The summed E-state index contributed by atoms with van der Waals surface area (Å²) in [6.07, 6.45) is 1.93. The van der Waals surface area contributed by atoms with Crippen LogP contribution < -0.4 is 4.74 Å². The first-order valence-corrected chi connectivity index (χ1v) is 7.03. The van der Waals surface area contributed by atoms with E-state index in [0.717, 1.165) is 30.4 Å². The van der Waals surface area contributed by atoms with Gasteiger partial charge in [-0.3, -0.25) is 4.68 Å². The lowest BCUT2D eigenvalue weighted by atomic mass is 10.0. The van der Waals surface area contributed by atoms with Gasteiger partial charge in [0.15, 0.2) is 0 Å². The second-order valence-electron chi connectivity index (χ2n) is 5.51. The van der Waals surface area contributed by atoms with Crippen LogP contribution in [0.3, 0.4) is 0 Å². The number of nitrogens with zero attached hydrogens (tertiary/aromatic N) is 3. The lowest BCUT2D eigenvalue weighted by Crippen LogP contribution is -2.40. The number of ether oxygens (including phenoxy) is 1. The minimum absolute atomic E-state index is 0.291. The minimum atomic E-state index is -0.291. The van der Waals surface area contributed by atoms with Crippen molar-refractivity contribution in [3.8, 4) is 5.88 Å². The van der Waals surface area contributed by atoms with Crippen LogP contribution in [-0.4, -0.2) is 33.9 Å². The zero-order valence-corrected chi connectivity index (χ0v) is 11.9. The average Bonchev–Trinajstić information content (AvgIpc) is 2.76. The van der Waals surface area contributed by atoms with Gasteiger partial charge < -0.3 is 9.64 Å². The van der Waals surface area contributed by atoms with E-state index >= 15 is 0 Å². The molecule has 1 aromatic carbocycles. The Labute approximate surface area is 118 Å². The third-order valence-corrected chi connectivity index (χ3v) is 3.82. The molecule has 1 aliphatic rings. The number of piperidine rings is 1. The van der Waals surface area contributed by atoms with Crippen LogP contribution in [0.1, 0.15) is 19.8 Å². The summed E-state index contributed by atoms with van der Waals surface area (Å²) in [6, 6.07) is 7.75. The predicted octanol–water partition coefficient (Wildman–Crippen LogP) is 2.80. The number of likely N-dealkylation sites (tertiary alicyclic amines) is 1. The van der Waals surface area contributed by atoms with Gasteiger partial charge in [0.2, 0.25) is 0 Å². The fourth-order valence-electron chi connectivity index (χ4n) is 2.76. The molecule has 20 heavy (non-hydrogen) atoms. The number of carbonyl (C=O) groups excluding carboxylic acids is 1. The molecule has 5 nitrogen and oxygen atoms in total. The summed E-state index contributed by atoms with van der Waals surface area (Å²) in [5, 5.41) is 5.16. The highest BCUT2D eigenvalue weighted by Gasteiger charge is 2.24. The molecule has 1 aromatic heterocycles. The van der Waals surface area contributed by atoms with Crippen molar-refractivity contribution in [1.29, 1.82) is 0 Å². The number of amides is 1. The molecule has 106 valence electrons. The van der Waals surface area contributed by atoms with Crippen LogP contribution in [0.5, 0.6) is 5.88 Å². The van der Waals surface area contributed by atoms with E-state index in [4.69, 9.17) is 4.74 Å². The van der Waals surface area contributed by atoms with E-state index in [1.807, 2.05) is 31.3 Å². The Balaban J connectivity index is 1.81. The topological polar surface area (TPSA) is 47.4 Å². The summed E-state index contributed by atoms with van der Waals surface area (Å²) < 4.78 is 7.22. The summed E-state index contributed by atoms with van der Waals surface area (Å²) in [5.41, 5.74) is 0.960. The molecule has 2 aromatic rings. The van der Waals surface area contributed by atoms with Crippen molar-refractivity contribution in [2.45, 2.75) is 19.8 Å². The number of hydrogen-bond acceptors (Lipinski definition) is 3. The molecule has 0 N–H and O–H groups in total. The van der Waals surface area contributed by atoms with Gasteiger partial charge in [0, 0.05) is 20.1 Å². The third-order valence-electron chi connectivity index (χ3n) is 3.82.